The molecule has 0 atom stereocenters. The van der Waals surface area contributed by atoms with E-state index in [2.05, 4.69) is 9.72 Å². The number of hydrogen-bond donors (Lipinski definition) is 1. The Morgan fingerprint density at radius 3 is 2.30 bits per heavy atom. The molecule has 0 spiro atoms. The molecule has 1 heterocycles. The molecule has 0 fully saturated rings. The predicted molar refractivity (Wildman–Crippen MR) is 64.9 cm³/mol. The molecule has 1 aromatic carbocycles. The number of rotatable bonds is 3. The third-order valence-electron chi connectivity index (χ3n) is 2.49. The van der Waals surface area contributed by atoms with Gasteiger partial charge in [0.05, 0.1) is 5.56 Å². The van der Waals surface area contributed by atoms with Gasteiger partial charge in [0.2, 0.25) is 0 Å². The molecule has 4 nitrogen and oxygen atoms in total. The number of carbonyl (C=O) groups is 1. The van der Waals surface area contributed by atoms with Crippen molar-refractivity contribution in [2.24, 2.45) is 5.73 Å². The molecule has 1 aromatic heterocycles. The SMILES string of the molecule is NC(=O)c1ccc(-c2ccncc2)cc1OC(F)(F)F. The lowest BCUT2D eigenvalue weighted by Gasteiger charge is -2.13. The summed E-state index contributed by atoms with van der Waals surface area (Å²) in [6.07, 6.45) is -1.90. The molecular weight excluding hydrogens is 273 g/mol. The van der Waals surface area contributed by atoms with Crippen LogP contribution in [0, 0.1) is 0 Å². The fourth-order valence-corrected chi connectivity index (χ4v) is 1.66. The highest BCUT2D eigenvalue weighted by molar-refractivity contribution is 5.96. The van der Waals surface area contributed by atoms with Crippen molar-refractivity contribution < 1.29 is 22.7 Å². The maximum absolute atomic E-state index is 12.3. The van der Waals surface area contributed by atoms with Crippen LogP contribution in [0.4, 0.5) is 13.2 Å². The van der Waals surface area contributed by atoms with Gasteiger partial charge < -0.3 is 10.5 Å². The number of nitrogens with zero attached hydrogens (tertiary/aromatic N) is 1. The number of primary amides is 1. The maximum atomic E-state index is 12.3. The molecule has 0 saturated carbocycles. The molecule has 20 heavy (non-hydrogen) atoms. The van der Waals surface area contributed by atoms with Crippen LogP contribution in [-0.2, 0) is 0 Å². The van der Waals surface area contributed by atoms with Crippen LogP contribution in [0.25, 0.3) is 11.1 Å². The largest absolute Gasteiger partial charge is 0.573 e. The summed E-state index contributed by atoms with van der Waals surface area (Å²) in [6.45, 7) is 0. The van der Waals surface area contributed by atoms with Crippen LogP contribution in [0.1, 0.15) is 10.4 Å². The number of hydrogen-bond acceptors (Lipinski definition) is 3. The molecule has 2 rings (SSSR count). The molecule has 0 bridgehead atoms. The summed E-state index contributed by atoms with van der Waals surface area (Å²) in [4.78, 5) is 14.9. The second-order valence-electron chi connectivity index (χ2n) is 3.86. The Balaban J connectivity index is 2.48. The molecule has 1 amide bonds. The number of aromatic nitrogens is 1. The lowest BCUT2D eigenvalue weighted by molar-refractivity contribution is -0.274. The van der Waals surface area contributed by atoms with E-state index in [1.165, 1.54) is 24.5 Å². The van der Waals surface area contributed by atoms with Crippen molar-refractivity contribution >= 4 is 5.91 Å². The average molecular weight is 282 g/mol. The molecule has 0 saturated heterocycles. The van der Waals surface area contributed by atoms with Gasteiger partial charge >= 0.3 is 6.36 Å². The maximum Gasteiger partial charge on any atom is 0.573 e. The minimum absolute atomic E-state index is 0.333. The lowest BCUT2D eigenvalue weighted by Crippen LogP contribution is -2.21. The quantitative estimate of drug-likeness (QED) is 0.941. The average Bonchev–Trinajstić information content (AvgIpc) is 2.37. The standard InChI is InChI=1S/C13H9F3N2O2/c14-13(15,16)20-11-7-9(1-2-10(11)12(17)19)8-3-5-18-6-4-8/h1-7H,(H2,17,19). The Kier molecular flexibility index (Phi) is 3.60. The fourth-order valence-electron chi connectivity index (χ4n) is 1.66. The monoisotopic (exact) mass is 282 g/mol. The van der Waals surface area contributed by atoms with E-state index in [-0.39, 0.29) is 5.56 Å². The molecular formula is C13H9F3N2O2. The van der Waals surface area contributed by atoms with Gasteiger partial charge in [0.25, 0.3) is 5.91 Å². The first-order valence-corrected chi connectivity index (χ1v) is 5.47. The van der Waals surface area contributed by atoms with E-state index in [1.54, 1.807) is 12.1 Å². The third-order valence-corrected chi connectivity index (χ3v) is 2.49. The van der Waals surface area contributed by atoms with E-state index in [0.717, 1.165) is 6.07 Å². The van der Waals surface area contributed by atoms with Gasteiger partial charge in [-0.3, -0.25) is 9.78 Å². The minimum Gasteiger partial charge on any atom is -0.405 e. The summed E-state index contributed by atoms with van der Waals surface area (Å²) in [5.41, 5.74) is 5.79. The van der Waals surface area contributed by atoms with Crippen molar-refractivity contribution in [2.45, 2.75) is 6.36 Å². The van der Waals surface area contributed by atoms with Crippen LogP contribution < -0.4 is 10.5 Å². The van der Waals surface area contributed by atoms with Gasteiger partial charge in [-0.05, 0) is 35.4 Å². The Hall–Kier alpha value is -2.57. The number of ether oxygens (including phenoxy) is 1. The van der Waals surface area contributed by atoms with Crippen molar-refractivity contribution in [3.63, 3.8) is 0 Å². The van der Waals surface area contributed by atoms with Crippen LogP contribution in [0.5, 0.6) is 5.75 Å². The summed E-state index contributed by atoms with van der Waals surface area (Å²) in [6, 6.07) is 7.04. The molecule has 0 aliphatic carbocycles. The van der Waals surface area contributed by atoms with E-state index in [1.807, 2.05) is 0 Å². The number of carbonyl (C=O) groups excluding carboxylic acids is 1. The molecule has 0 aliphatic heterocycles. The van der Waals surface area contributed by atoms with Crippen LogP contribution in [0.3, 0.4) is 0 Å². The van der Waals surface area contributed by atoms with Gasteiger partial charge in [0.1, 0.15) is 5.75 Å². The van der Waals surface area contributed by atoms with E-state index in [9.17, 15) is 18.0 Å². The predicted octanol–water partition coefficient (Wildman–Crippen LogP) is 2.75. The molecule has 0 unspecified atom stereocenters. The van der Waals surface area contributed by atoms with Crippen LogP contribution in [-0.4, -0.2) is 17.3 Å². The molecule has 0 aliphatic rings. The number of alkyl halides is 3. The van der Waals surface area contributed by atoms with E-state index >= 15 is 0 Å². The zero-order valence-corrected chi connectivity index (χ0v) is 10.0. The highest BCUT2D eigenvalue weighted by Gasteiger charge is 2.32. The number of halogens is 3. The third kappa shape index (κ3) is 3.25. The smallest absolute Gasteiger partial charge is 0.405 e. The second-order valence-corrected chi connectivity index (χ2v) is 3.86. The highest BCUT2D eigenvalue weighted by Crippen LogP contribution is 2.31. The topological polar surface area (TPSA) is 65.2 Å². The number of pyridine rings is 1. The molecule has 2 aromatic rings. The number of benzene rings is 1. The number of amides is 1. The van der Waals surface area contributed by atoms with Gasteiger partial charge in [-0.15, -0.1) is 13.2 Å². The van der Waals surface area contributed by atoms with E-state index < -0.39 is 18.0 Å². The zero-order valence-electron chi connectivity index (χ0n) is 10.0. The van der Waals surface area contributed by atoms with Crippen molar-refractivity contribution in [3.05, 3.63) is 48.3 Å². The Labute approximate surface area is 112 Å². The first-order chi connectivity index (χ1) is 9.37. The second kappa shape index (κ2) is 5.20. The first kappa shape index (κ1) is 13.9. The van der Waals surface area contributed by atoms with Crippen LogP contribution in [0.15, 0.2) is 42.7 Å². The van der Waals surface area contributed by atoms with Crippen molar-refractivity contribution in [1.29, 1.82) is 0 Å². The molecule has 104 valence electrons. The Morgan fingerprint density at radius 1 is 1.10 bits per heavy atom. The van der Waals surface area contributed by atoms with Gasteiger partial charge in [0, 0.05) is 12.4 Å². The lowest BCUT2D eigenvalue weighted by atomic mass is 10.0. The van der Waals surface area contributed by atoms with Gasteiger partial charge in [-0.2, -0.15) is 0 Å². The van der Waals surface area contributed by atoms with Gasteiger partial charge in [0.15, 0.2) is 0 Å². The normalized spacial score (nSPS) is 11.2. The zero-order chi connectivity index (χ0) is 14.8. The van der Waals surface area contributed by atoms with Crippen LogP contribution >= 0.6 is 0 Å². The first-order valence-electron chi connectivity index (χ1n) is 5.47. The summed E-state index contributed by atoms with van der Waals surface area (Å²) < 4.78 is 40.8. The number of nitrogens with two attached hydrogens (primary N) is 1. The van der Waals surface area contributed by atoms with E-state index in [4.69, 9.17) is 5.73 Å². The van der Waals surface area contributed by atoms with Crippen molar-refractivity contribution in [2.75, 3.05) is 0 Å². The van der Waals surface area contributed by atoms with Gasteiger partial charge in [-0.1, -0.05) is 6.07 Å². The minimum atomic E-state index is -4.90. The van der Waals surface area contributed by atoms with Crippen molar-refractivity contribution in [3.8, 4) is 16.9 Å². The Morgan fingerprint density at radius 2 is 1.75 bits per heavy atom. The Bertz CT molecular complexity index is 627. The summed E-state index contributed by atoms with van der Waals surface area (Å²) in [5, 5.41) is 0. The summed E-state index contributed by atoms with van der Waals surface area (Å²) in [7, 11) is 0. The van der Waals surface area contributed by atoms with Crippen LogP contribution in [0.2, 0.25) is 0 Å². The van der Waals surface area contributed by atoms with Gasteiger partial charge in [-0.25, -0.2) is 0 Å². The molecule has 0 radical (unpaired) electrons. The summed E-state index contributed by atoms with van der Waals surface area (Å²) in [5.74, 6) is -1.62. The summed E-state index contributed by atoms with van der Waals surface area (Å²) >= 11 is 0. The molecule has 2 N–H and O–H groups in total. The van der Waals surface area contributed by atoms with Crippen molar-refractivity contribution in [1.82, 2.24) is 4.98 Å². The van der Waals surface area contributed by atoms with E-state index in [0.29, 0.717) is 11.1 Å². The highest BCUT2D eigenvalue weighted by atomic mass is 19.4. The fraction of sp³-hybridized carbons (Fsp3) is 0.0769. The molecule has 7 heteroatoms.